The molecule has 164 valence electrons. The molecule has 1 fully saturated rings. The van der Waals surface area contributed by atoms with E-state index < -0.39 is 0 Å². The van der Waals surface area contributed by atoms with Crippen LogP contribution in [0.15, 0.2) is 24.7 Å². The summed E-state index contributed by atoms with van der Waals surface area (Å²) < 4.78 is 33.2. The topological polar surface area (TPSA) is 82.8 Å². The number of aromatic nitrogens is 4. The van der Waals surface area contributed by atoms with Gasteiger partial charge in [-0.2, -0.15) is 0 Å². The maximum atomic E-state index is 14.4. The van der Waals surface area contributed by atoms with E-state index in [0.717, 1.165) is 37.0 Å². The number of benzene rings is 1. The Bertz CT molecular complexity index is 1060. The number of ether oxygens (including phenoxy) is 3. The molecule has 0 amide bonds. The highest BCUT2D eigenvalue weighted by Crippen LogP contribution is 2.31. The van der Waals surface area contributed by atoms with Crippen LogP contribution in [0.5, 0.6) is 11.5 Å². The van der Waals surface area contributed by atoms with Crippen LogP contribution in [-0.4, -0.2) is 46.0 Å². The zero-order valence-corrected chi connectivity index (χ0v) is 17.5. The van der Waals surface area contributed by atoms with Gasteiger partial charge in [-0.3, -0.25) is 0 Å². The maximum absolute atomic E-state index is 14.4. The molecule has 5 rings (SSSR count). The number of nitrogens with one attached hydrogen (secondary N) is 1. The van der Waals surface area contributed by atoms with Crippen LogP contribution in [0.25, 0.3) is 5.65 Å². The van der Waals surface area contributed by atoms with Crippen molar-refractivity contribution in [2.24, 2.45) is 5.92 Å². The van der Waals surface area contributed by atoms with Gasteiger partial charge in [-0.05, 0) is 43.7 Å². The summed E-state index contributed by atoms with van der Waals surface area (Å²) in [5, 5.41) is 11.4. The number of hydrogen-bond donors (Lipinski definition) is 1. The highest BCUT2D eigenvalue weighted by Gasteiger charge is 2.23. The zero-order valence-electron chi connectivity index (χ0n) is 17.5. The number of methoxy groups -OCH3 is 1. The van der Waals surface area contributed by atoms with Crippen molar-refractivity contribution < 1.29 is 18.6 Å². The molecule has 0 radical (unpaired) electrons. The van der Waals surface area contributed by atoms with Gasteiger partial charge in [0, 0.05) is 31.2 Å². The van der Waals surface area contributed by atoms with Crippen LogP contribution < -0.4 is 14.8 Å². The second-order valence-corrected chi connectivity index (χ2v) is 8.11. The normalized spacial score (nSPS) is 20.5. The highest BCUT2D eigenvalue weighted by atomic mass is 19.1. The van der Waals surface area contributed by atoms with Crippen molar-refractivity contribution >= 4 is 11.6 Å². The molecule has 31 heavy (non-hydrogen) atoms. The molecule has 1 saturated carbocycles. The first-order chi connectivity index (χ1) is 15.2. The van der Waals surface area contributed by atoms with Crippen molar-refractivity contribution in [2.45, 2.75) is 44.8 Å². The van der Waals surface area contributed by atoms with Crippen molar-refractivity contribution in [3.8, 4) is 11.5 Å². The number of nitrogens with zero attached hydrogens (tertiary/aromatic N) is 4. The summed E-state index contributed by atoms with van der Waals surface area (Å²) in [6.45, 7) is 1.50. The quantitative estimate of drug-likeness (QED) is 0.619. The Hall–Kier alpha value is -2.94. The predicted molar refractivity (Wildman–Crippen MR) is 112 cm³/mol. The second kappa shape index (κ2) is 8.66. The van der Waals surface area contributed by atoms with Gasteiger partial charge in [-0.15, -0.1) is 10.2 Å². The second-order valence-electron chi connectivity index (χ2n) is 8.11. The predicted octanol–water partition coefficient (Wildman–Crippen LogP) is 3.39. The molecule has 1 aliphatic carbocycles. The van der Waals surface area contributed by atoms with E-state index in [2.05, 4.69) is 20.5 Å². The van der Waals surface area contributed by atoms with E-state index in [1.165, 1.54) is 6.07 Å². The van der Waals surface area contributed by atoms with Crippen molar-refractivity contribution in [2.75, 3.05) is 25.6 Å². The van der Waals surface area contributed by atoms with Crippen molar-refractivity contribution in [1.29, 1.82) is 0 Å². The van der Waals surface area contributed by atoms with Crippen molar-refractivity contribution in [1.82, 2.24) is 19.6 Å². The fourth-order valence-electron chi connectivity index (χ4n) is 4.45. The summed E-state index contributed by atoms with van der Waals surface area (Å²) in [6.07, 6.45) is 8.62. The van der Waals surface area contributed by atoms with E-state index >= 15 is 0 Å². The molecule has 0 atom stereocenters. The van der Waals surface area contributed by atoms with Crippen LogP contribution in [0.3, 0.4) is 0 Å². The standard InChI is InChI=1S/C22H26FN5O3/c1-29-15-4-2-14(3-5-15)12-31-20-11-25-22(28-13-26-27-21(20)28)24-10-17-16-8-9-30-19(16)7-6-18(17)23/h6-7,11,13-15H,2-5,8-10,12H2,1H3,(H,24,25). The molecule has 3 heterocycles. The Labute approximate surface area is 179 Å². The first kappa shape index (κ1) is 20.0. The average Bonchev–Trinajstić information content (AvgIpc) is 3.48. The summed E-state index contributed by atoms with van der Waals surface area (Å²) >= 11 is 0. The summed E-state index contributed by atoms with van der Waals surface area (Å²) in [5.74, 6) is 2.13. The smallest absolute Gasteiger partial charge is 0.210 e. The first-order valence-electron chi connectivity index (χ1n) is 10.7. The molecule has 0 saturated heterocycles. The van der Waals surface area contributed by atoms with E-state index in [1.54, 1.807) is 30.1 Å². The molecular formula is C22H26FN5O3. The van der Waals surface area contributed by atoms with Gasteiger partial charge < -0.3 is 19.5 Å². The van der Waals surface area contributed by atoms with Crippen molar-refractivity contribution in [3.05, 3.63) is 41.6 Å². The van der Waals surface area contributed by atoms with Crippen LogP contribution in [0.4, 0.5) is 10.3 Å². The number of fused-ring (bicyclic) bond motifs is 2. The molecule has 2 aromatic heterocycles. The molecule has 1 aromatic carbocycles. The van der Waals surface area contributed by atoms with Crippen LogP contribution in [-0.2, 0) is 17.7 Å². The molecule has 9 heteroatoms. The lowest BCUT2D eigenvalue weighted by Crippen LogP contribution is -2.24. The van der Waals surface area contributed by atoms with Crippen LogP contribution >= 0.6 is 0 Å². The fourth-order valence-corrected chi connectivity index (χ4v) is 4.45. The molecule has 2 aliphatic rings. The third kappa shape index (κ3) is 4.01. The maximum Gasteiger partial charge on any atom is 0.210 e. The number of hydrogen-bond acceptors (Lipinski definition) is 7. The Morgan fingerprint density at radius 3 is 2.97 bits per heavy atom. The molecule has 1 N–H and O–H groups in total. The summed E-state index contributed by atoms with van der Waals surface area (Å²) in [7, 11) is 1.78. The summed E-state index contributed by atoms with van der Waals surface area (Å²) in [5.41, 5.74) is 2.10. The zero-order chi connectivity index (χ0) is 21.2. The minimum atomic E-state index is -0.250. The average molecular weight is 427 g/mol. The Kier molecular flexibility index (Phi) is 5.59. The Morgan fingerprint density at radius 1 is 1.26 bits per heavy atom. The highest BCUT2D eigenvalue weighted by molar-refractivity contribution is 5.56. The van der Waals surface area contributed by atoms with Gasteiger partial charge in [-0.1, -0.05) is 0 Å². The van der Waals surface area contributed by atoms with E-state index in [-0.39, 0.29) is 5.82 Å². The minimum Gasteiger partial charge on any atom is -0.493 e. The minimum absolute atomic E-state index is 0.250. The summed E-state index contributed by atoms with van der Waals surface area (Å²) in [4.78, 5) is 4.48. The van der Waals surface area contributed by atoms with Crippen LogP contribution in [0.2, 0.25) is 0 Å². The lowest BCUT2D eigenvalue weighted by Gasteiger charge is -2.27. The molecule has 8 nitrogen and oxygen atoms in total. The Morgan fingerprint density at radius 2 is 2.13 bits per heavy atom. The van der Waals surface area contributed by atoms with Crippen LogP contribution in [0, 0.1) is 11.7 Å². The Balaban J connectivity index is 1.28. The summed E-state index contributed by atoms with van der Waals surface area (Å²) in [6, 6.07) is 3.13. The third-order valence-electron chi connectivity index (χ3n) is 6.27. The lowest BCUT2D eigenvalue weighted by molar-refractivity contribution is 0.0482. The molecule has 0 bridgehead atoms. The molecular weight excluding hydrogens is 401 g/mol. The molecule has 0 spiro atoms. The van der Waals surface area contributed by atoms with Gasteiger partial charge in [0.05, 0.1) is 25.5 Å². The van der Waals surface area contributed by atoms with Crippen LogP contribution in [0.1, 0.15) is 36.8 Å². The number of rotatable bonds is 7. The van der Waals surface area contributed by atoms with E-state index in [0.29, 0.717) is 61.1 Å². The van der Waals surface area contributed by atoms with Gasteiger partial charge in [0.1, 0.15) is 17.9 Å². The first-order valence-corrected chi connectivity index (χ1v) is 10.7. The van der Waals surface area contributed by atoms with Gasteiger partial charge in [0.25, 0.3) is 0 Å². The van der Waals surface area contributed by atoms with Gasteiger partial charge >= 0.3 is 0 Å². The lowest BCUT2D eigenvalue weighted by atomic mass is 9.88. The monoisotopic (exact) mass is 427 g/mol. The number of halogens is 1. The van der Waals surface area contributed by atoms with Gasteiger partial charge in [0.15, 0.2) is 5.75 Å². The van der Waals surface area contributed by atoms with Crippen molar-refractivity contribution in [3.63, 3.8) is 0 Å². The van der Waals surface area contributed by atoms with E-state index in [4.69, 9.17) is 14.2 Å². The SMILES string of the molecule is COC1CCC(COc2cnc(NCc3c(F)ccc4c3CCO4)n3cnnc23)CC1. The van der Waals surface area contributed by atoms with E-state index in [1.807, 2.05) is 0 Å². The fraction of sp³-hybridized carbons (Fsp3) is 0.500. The number of anilines is 1. The van der Waals surface area contributed by atoms with E-state index in [9.17, 15) is 4.39 Å². The molecule has 3 aromatic rings. The van der Waals surface area contributed by atoms with Gasteiger partial charge in [-0.25, -0.2) is 13.8 Å². The third-order valence-corrected chi connectivity index (χ3v) is 6.27. The van der Waals surface area contributed by atoms with Gasteiger partial charge in [0.2, 0.25) is 11.6 Å². The largest absolute Gasteiger partial charge is 0.493 e. The molecule has 1 aliphatic heterocycles. The molecule has 0 unspecified atom stereocenters.